The van der Waals surface area contributed by atoms with Crippen LogP contribution in [0.3, 0.4) is 0 Å². The van der Waals surface area contributed by atoms with Crippen molar-refractivity contribution < 1.29 is 4.74 Å². The van der Waals surface area contributed by atoms with Crippen molar-refractivity contribution >= 4 is 22.2 Å². The quantitative estimate of drug-likeness (QED) is 0.231. The van der Waals surface area contributed by atoms with Crippen LogP contribution in [0.1, 0.15) is 43.4 Å². The molecule has 3 aromatic rings. The van der Waals surface area contributed by atoms with Gasteiger partial charge in [0, 0.05) is 5.57 Å². The first-order chi connectivity index (χ1) is 15.2. The highest BCUT2D eigenvalue weighted by Crippen LogP contribution is 2.35. The fraction of sp³-hybridized carbons (Fsp3) is 0.286. The molecule has 0 heterocycles. The van der Waals surface area contributed by atoms with Crippen molar-refractivity contribution in [3.05, 3.63) is 102 Å². The second-order valence-electron chi connectivity index (χ2n) is 7.53. The van der Waals surface area contributed by atoms with Crippen LogP contribution in [-0.2, 0) is 0 Å². The molecule has 0 bridgehead atoms. The van der Waals surface area contributed by atoms with Crippen LogP contribution in [0, 0.1) is 0 Å². The van der Waals surface area contributed by atoms with Crippen LogP contribution in [0.25, 0.3) is 10.6 Å². The van der Waals surface area contributed by atoms with Gasteiger partial charge in [-0.2, -0.15) is 0 Å². The predicted octanol–water partition coefficient (Wildman–Crippen LogP) is 7.34. The molecule has 0 amide bonds. The molecule has 0 radical (unpaired) electrons. The monoisotopic (exact) mass is 433 g/mol. The maximum absolute atomic E-state index is 6.89. The Kier molecular flexibility index (Phi) is 9.20. The van der Waals surface area contributed by atoms with Gasteiger partial charge in [-0.05, 0) is 61.3 Å². The Hall–Kier alpha value is -2.55. The van der Waals surface area contributed by atoms with Crippen molar-refractivity contribution in [2.45, 2.75) is 26.7 Å². The topological polar surface area (TPSA) is 12.5 Å². The van der Waals surface area contributed by atoms with E-state index in [1.54, 1.807) is 0 Å². The first-order valence-electron chi connectivity index (χ1n) is 11.2. The molecule has 0 unspecified atom stereocenters. The third kappa shape index (κ3) is 6.72. The largest absolute Gasteiger partial charge is 0.494 e. The Labute approximate surface area is 192 Å². The summed E-state index contributed by atoms with van der Waals surface area (Å²) in [4.78, 5) is 2.45. The van der Waals surface area contributed by atoms with Crippen molar-refractivity contribution in [3.8, 4) is 5.75 Å². The molecule has 0 saturated heterocycles. The molecule has 3 rings (SSSR count). The first kappa shape index (κ1) is 23.1. The Balaban J connectivity index is 1.72. The highest BCUT2D eigenvalue weighted by atomic mass is 35.5. The van der Waals surface area contributed by atoms with Crippen molar-refractivity contribution in [2.24, 2.45) is 0 Å². The minimum Gasteiger partial charge on any atom is -0.494 e. The van der Waals surface area contributed by atoms with Gasteiger partial charge in [-0.3, -0.25) is 0 Å². The van der Waals surface area contributed by atoms with E-state index in [4.69, 9.17) is 16.3 Å². The van der Waals surface area contributed by atoms with Gasteiger partial charge in [0.25, 0.3) is 0 Å². The highest BCUT2D eigenvalue weighted by molar-refractivity contribution is 6.53. The molecule has 2 nitrogen and oxygen atoms in total. The Bertz CT molecular complexity index is 932. The molecule has 31 heavy (non-hydrogen) atoms. The number of unbranched alkanes of at least 4 members (excludes halogenated alkanes) is 1. The van der Waals surface area contributed by atoms with E-state index in [-0.39, 0.29) is 0 Å². The average Bonchev–Trinajstić information content (AvgIpc) is 2.83. The number of halogens is 1. The van der Waals surface area contributed by atoms with Crippen LogP contribution < -0.4 is 4.74 Å². The molecule has 162 valence electrons. The summed E-state index contributed by atoms with van der Waals surface area (Å²) in [7, 11) is 0. The van der Waals surface area contributed by atoms with E-state index in [0.717, 1.165) is 72.1 Å². The number of nitrogens with zero attached hydrogens (tertiary/aromatic N) is 1. The molecule has 3 aromatic carbocycles. The number of hydrogen-bond donors (Lipinski definition) is 0. The Morgan fingerprint density at radius 2 is 1.26 bits per heavy atom. The lowest BCUT2D eigenvalue weighted by atomic mass is 9.95. The summed E-state index contributed by atoms with van der Waals surface area (Å²) >= 11 is 6.89. The number of benzene rings is 3. The average molecular weight is 434 g/mol. The SMILES string of the molecule is CCN(CC)CCCCOc1ccc(/C(=C(\Cl)c2ccccc2)c2ccccc2)cc1. The summed E-state index contributed by atoms with van der Waals surface area (Å²) in [5.41, 5.74) is 4.21. The third-order valence-electron chi connectivity index (χ3n) is 5.48. The zero-order chi connectivity index (χ0) is 21.9. The zero-order valence-electron chi connectivity index (χ0n) is 18.6. The number of rotatable bonds is 11. The van der Waals surface area contributed by atoms with Gasteiger partial charge in [0.15, 0.2) is 0 Å². The molecule has 0 aliphatic carbocycles. The van der Waals surface area contributed by atoms with Gasteiger partial charge >= 0.3 is 0 Å². The van der Waals surface area contributed by atoms with Gasteiger partial charge in [-0.15, -0.1) is 0 Å². The lowest BCUT2D eigenvalue weighted by Gasteiger charge is -2.17. The summed E-state index contributed by atoms with van der Waals surface area (Å²) in [6, 6.07) is 28.7. The van der Waals surface area contributed by atoms with Crippen molar-refractivity contribution in [1.29, 1.82) is 0 Å². The van der Waals surface area contributed by atoms with Crippen molar-refractivity contribution in [3.63, 3.8) is 0 Å². The van der Waals surface area contributed by atoms with E-state index in [0.29, 0.717) is 0 Å². The molecule has 0 saturated carbocycles. The van der Waals surface area contributed by atoms with E-state index >= 15 is 0 Å². The van der Waals surface area contributed by atoms with Gasteiger partial charge in [0.1, 0.15) is 5.75 Å². The molecule has 0 aliphatic rings. The lowest BCUT2D eigenvalue weighted by molar-refractivity contribution is 0.266. The van der Waals surface area contributed by atoms with E-state index in [2.05, 4.69) is 43.0 Å². The van der Waals surface area contributed by atoms with Crippen LogP contribution >= 0.6 is 11.6 Å². The Morgan fingerprint density at radius 1 is 0.710 bits per heavy atom. The van der Waals surface area contributed by atoms with Crippen molar-refractivity contribution in [2.75, 3.05) is 26.2 Å². The second kappa shape index (κ2) is 12.3. The molecule has 0 atom stereocenters. The standard InChI is InChI=1S/C28H32ClNO/c1-3-30(4-2)21-11-12-22-31-26-19-17-24(18-20-26)27(23-13-7-5-8-14-23)28(29)25-15-9-6-10-16-25/h5-10,13-20H,3-4,11-12,21-22H2,1-2H3/b28-27-. The molecule has 0 fully saturated rings. The minimum absolute atomic E-state index is 0.743. The van der Waals surface area contributed by atoms with E-state index in [9.17, 15) is 0 Å². The van der Waals surface area contributed by atoms with Crippen LogP contribution in [0.2, 0.25) is 0 Å². The van der Waals surface area contributed by atoms with Crippen LogP contribution in [0.15, 0.2) is 84.9 Å². The van der Waals surface area contributed by atoms with E-state index in [1.807, 2.05) is 60.7 Å². The van der Waals surface area contributed by atoms with Crippen LogP contribution in [-0.4, -0.2) is 31.1 Å². The van der Waals surface area contributed by atoms with Gasteiger partial charge in [-0.25, -0.2) is 0 Å². The Morgan fingerprint density at radius 3 is 1.84 bits per heavy atom. The summed E-state index contributed by atoms with van der Waals surface area (Å²) in [6.07, 6.45) is 2.22. The summed E-state index contributed by atoms with van der Waals surface area (Å²) in [5.74, 6) is 0.898. The minimum atomic E-state index is 0.743. The molecule has 0 spiro atoms. The van der Waals surface area contributed by atoms with Crippen molar-refractivity contribution in [1.82, 2.24) is 4.90 Å². The summed E-state index contributed by atoms with van der Waals surface area (Å²) < 4.78 is 5.97. The van der Waals surface area contributed by atoms with Gasteiger partial charge in [-0.1, -0.05) is 98.2 Å². The molecule has 0 aromatic heterocycles. The van der Waals surface area contributed by atoms with Gasteiger partial charge < -0.3 is 9.64 Å². The molecule has 0 aliphatic heterocycles. The molecular weight excluding hydrogens is 402 g/mol. The molecule has 0 N–H and O–H groups in total. The van der Waals surface area contributed by atoms with Gasteiger partial charge in [0.2, 0.25) is 0 Å². The van der Waals surface area contributed by atoms with E-state index in [1.165, 1.54) is 0 Å². The smallest absolute Gasteiger partial charge is 0.119 e. The number of hydrogen-bond acceptors (Lipinski definition) is 2. The van der Waals surface area contributed by atoms with E-state index < -0.39 is 0 Å². The fourth-order valence-electron chi connectivity index (χ4n) is 3.64. The number of ether oxygens (including phenoxy) is 1. The summed E-state index contributed by atoms with van der Waals surface area (Å²) in [5, 5.41) is 0.747. The van der Waals surface area contributed by atoms with Gasteiger partial charge in [0.05, 0.1) is 11.6 Å². The molecule has 3 heteroatoms. The first-order valence-corrected chi connectivity index (χ1v) is 11.6. The second-order valence-corrected chi connectivity index (χ2v) is 7.91. The fourth-order valence-corrected chi connectivity index (χ4v) is 3.98. The highest BCUT2D eigenvalue weighted by Gasteiger charge is 2.12. The zero-order valence-corrected chi connectivity index (χ0v) is 19.3. The predicted molar refractivity (Wildman–Crippen MR) is 134 cm³/mol. The third-order valence-corrected chi connectivity index (χ3v) is 5.89. The van der Waals surface area contributed by atoms with Crippen LogP contribution in [0.4, 0.5) is 0 Å². The van der Waals surface area contributed by atoms with Crippen LogP contribution in [0.5, 0.6) is 5.75 Å². The normalized spacial score (nSPS) is 12.0. The summed E-state index contributed by atoms with van der Waals surface area (Å²) in [6.45, 7) is 8.53. The maximum atomic E-state index is 6.89. The molecular formula is C28H32ClNO. The lowest BCUT2D eigenvalue weighted by Crippen LogP contribution is -2.24. The maximum Gasteiger partial charge on any atom is 0.119 e.